The van der Waals surface area contributed by atoms with Gasteiger partial charge in [0.1, 0.15) is 0 Å². The van der Waals surface area contributed by atoms with Gasteiger partial charge in [-0.1, -0.05) is 0 Å². The van der Waals surface area contributed by atoms with Crippen molar-refractivity contribution in [1.82, 2.24) is 0 Å². The van der Waals surface area contributed by atoms with Crippen LogP contribution in [0.4, 0.5) is 4.39 Å². The quantitative estimate of drug-likeness (QED) is 0.316. The van der Waals surface area contributed by atoms with Crippen molar-refractivity contribution in [2.45, 2.75) is 25.3 Å². The fraction of sp³-hybridized carbons (Fsp3) is 0.857. The summed E-state index contributed by atoms with van der Waals surface area (Å²) in [5, 5.41) is -3.05. The molecule has 0 aromatic rings. The molecule has 6 nitrogen and oxygen atoms in total. The zero-order valence-electron chi connectivity index (χ0n) is 8.40. The van der Waals surface area contributed by atoms with Crippen molar-refractivity contribution in [2.24, 2.45) is 0 Å². The lowest BCUT2D eigenvalue weighted by Gasteiger charge is -2.15. The standard InChI is InChI=1S/C7H13FO6S/c1-3-13-5-14-6(9)4-7(2,8)15(10,11)12/h3-5H2,1-2H3,(H,10,11,12). The minimum absolute atomic E-state index is 0.304. The molecule has 15 heavy (non-hydrogen) atoms. The molecule has 90 valence electrons. The first-order valence-corrected chi connectivity index (χ1v) is 5.54. The molecule has 0 aromatic carbocycles. The van der Waals surface area contributed by atoms with Gasteiger partial charge in [0, 0.05) is 6.61 Å². The average molecular weight is 244 g/mol. The normalized spacial score (nSPS) is 15.7. The van der Waals surface area contributed by atoms with Crippen LogP contribution in [0.25, 0.3) is 0 Å². The Morgan fingerprint density at radius 3 is 2.47 bits per heavy atom. The highest BCUT2D eigenvalue weighted by molar-refractivity contribution is 7.87. The summed E-state index contributed by atoms with van der Waals surface area (Å²) < 4.78 is 51.5. The van der Waals surface area contributed by atoms with Crippen LogP contribution >= 0.6 is 0 Å². The summed E-state index contributed by atoms with van der Waals surface area (Å²) in [6, 6.07) is 0. The molecule has 8 heteroatoms. The van der Waals surface area contributed by atoms with E-state index >= 15 is 0 Å². The number of halogens is 1. The Balaban J connectivity index is 4.18. The van der Waals surface area contributed by atoms with E-state index in [4.69, 9.17) is 4.55 Å². The van der Waals surface area contributed by atoms with Crippen LogP contribution in [-0.2, 0) is 24.4 Å². The van der Waals surface area contributed by atoms with Gasteiger partial charge in [-0.2, -0.15) is 8.42 Å². The molecule has 0 bridgehead atoms. The average Bonchev–Trinajstić information content (AvgIpc) is 2.01. The molecular weight excluding hydrogens is 231 g/mol. The van der Waals surface area contributed by atoms with Gasteiger partial charge in [0.2, 0.25) is 5.00 Å². The maximum absolute atomic E-state index is 13.2. The molecule has 1 unspecified atom stereocenters. The van der Waals surface area contributed by atoms with E-state index in [9.17, 15) is 17.6 Å². The van der Waals surface area contributed by atoms with Crippen LogP contribution in [0.1, 0.15) is 20.3 Å². The fourth-order valence-corrected chi connectivity index (χ4v) is 0.891. The fourth-order valence-electron chi connectivity index (χ4n) is 0.591. The van der Waals surface area contributed by atoms with Crippen LogP contribution in [0.2, 0.25) is 0 Å². The number of esters is 1. The van der Waals surface area contributed by atoms with Crippen molar-refractivity contribution in [2.75, 3.05) is 13.4 Å². The Labute approximate surface area is 87.1 Å². The van der Waals surface area contributed by atoms with Crippen molar-refractivity contribution in [3.63, 3.8) is 0 Å². The summed E-state index contributed by atoms with van der Waals surface area (Å²) in [6.45, 7) is 2.16. The number of alkyl halides is 1. The van der Waals surface area contributed by atoms with E-state index in [1.807, 2.05) is 0 Å². The second-order valence-electron chi connectivity index (χ2n) is 2.88. The molecule has 0 aliphatic heterocycles. The molecule has 0 rings (SSSR count). The second-order valence-corrected chi connectivity index (χ2v) is 4.68. The maximum atomic E-state index is 13.2. The zero-order valence-corrected chi connectivity index (χ0v) is 9.21. The van der Waals surface area contributed by atoms with Crippen LogP contribution in [0, 0.1) is 0 Å². The maximum Gasteiger partial charge on any atom is 0.312 e. The van der Waals surface area contributed by atoms with Gasteiger partial charge in [0.25, 0.3) is 0 Å². The van der Waals surface area contributed by atoms with E-state index in [1.54, 1.807) is 6.92 Å². The molecule has 1 N–H and O–H groups in total. The molecule has 0 heterocycles. The van der Waals surface area contributed by atoms with Crippen molar-refractivity contribution in [1.29, 1.82) is 0 Å². The monoisotopic (exact) mass is 244 g/mol. The van der Waals surface area contributed by atoms with Gasteiger partial charge in [-0.3, -0.25) is 9.35 Å². The molecule has 0 radical (unpaired) electrons. The van der Waals surface area contributed by atoms with Crippen LogP contribution in [0.3, 0.4) is 0 Å². The first kappa shape index (κ1) is 14.3. The van der Waals surface area contributed by atoms with E-state index in [-0.39, 0.29) is 6.79 Å². The van der Waals surface area contributed by atoms with Gasteiger partial charge < -0.3 is 9.47 Å². The number of rotatable bonds is 6. The third kappa shape index (κ3) is 5.05. The van der Waals surface area contributed by atoms with Gasteiger partial charge >= 0.3 is 16.1 Å². The smallest absolute Gasteiger partial charge is 0.312 e. The summed E-state index contributed by atoms with van der Waals surface area (Å²) in [5.41, 5.74) is 0. The van der Waals surface area contributed by atoms with Crippen LogP contribution in [0.15, 0.2) is 0 Å². The summed E-state index contributed by atoms with van der Waals surface area (Å²) in [5.74, 6) is -1.11. The lowest BCUT2D eigenvalue weighted by atomic mass is 10.3. The van der Waals surface area contributed by atoms with E-state index in [1.165, 1.54) is 0 Å². The van der Waals surface area contributed by atoms with Crippen LogP contribution in [-0.4, -0.2) is 37.3 Å². The first-order valence-electron chi connectivity index (χ1n) is 4.10. The topological polar surface area (TPSA) is 89.9 Å². The van der Waals surface area contributed by atoms with Crippen molar-refractivity contribution in [3.8, 4) is 0 Å². The van der Waals surface area contributed by atoms with E-state index in [0.29, 0.717) is 13.5 Å². The molecule has 0 spiro atoms. The first-order chi connectivity index (χ1) is 6.70. The highest BCUT2D eigenvalue weighted by atomic mass is 32.2. The van der Waals surface area contributed by atoms with Gasteiger partial charge in [-0.05, 0) is 13.8 Å². The third-order valence-electron chi connectivity index (χ3n) is 1.51. The molecule has 0 saturated heterocycles. The van der Waals surface area contributed by atoms with Gasteiger partial charge in [0.05, 0.1) is 6.42 Å². The number of ether oxygens (including phenoxy) is 2. The lowest BCUT2D eigenvalue weighted by Crippen LogP contribution is -2.33. The summed E-state index contributed by atoms with van der Waals surface area (Å²) in [4.78, 5) is 10.9. The highest BCUT2D eigenvalue weighted by Crippen LogP contribution is 2.22. The number of hydrogen-bond acceptors (Lipinski definition) is 5. The largest absolute Gasteiger partial charge is 0.438 e. The summed E-state index contributed by atoms with van der Waals surface area (Å²) in [7, 11) is -4.94. The van der Waals surface area contributed by atoms with Gasteiger partial charge in [0.15, 0.2) is 6.79 Å². The Hall–Kier alpha value is -0.730. The Morgan fingerprint density at radius 1 is 1.53 bits per heavy atom. The Kier molecular flexibility index (Phi) is 5.12. The summed E-state index contributed by atoms with van der Waals surface area (Å²) in [6.07, 6.45) is -1.08. The van der Waals surface area contributed by atoms with Crippen LogP contribution < -0.4 is 0 Å². The van der Waals surface area contributed by atoms with Crippen molar-refractivity contribution < 1.29 is 31.6 Å². The number of hydrogen-bond donors (Lipinski definition) is 1. The number of carbonyl (C=O) groups is 1. The SMILES string of the molecule is CCOCOC(=O)CC(C)(F)S(=O)(=O)O. The van der Waals surface area contributed by atoms with Gasteiger partial charge in [-0.25, -0.2) is 4.39 Å². The van der Waals surface area contributed by atoms with Gasteiger partial charge in [-0.15, -0.1) is 0 Å². The Morgan fingerprint density at radius 2 is 2.07 bits per heavy atom. The molecule has 0 fully saturated rings. The molecule has 0 aromatic heterocycles. The second kappa shape index (κ2) is 5.38. The zero-order chi connectivity index (χ0) is 12.1. The van der Waals surface area contributed by atoms with E-state index in [0.717, 1.165) is 0 Å². The third-order valence-corrected chi connectivity index (χ3v) is 2.73. The molecular formula is C7H13FO6S. The highest BCUT2D eigenvalue weighted by Gasteiger charge is 2.41. The van der Waals surface area contributed by atoms with E-state index < -0.39 is 27.5 Å². The lowest BCUT2D eigenvalue weighted by molar-refractivity contribution is -0.157. The molecule has 0 aliphatic rings. The summed E-state index contributed by atoms with van der Waals surface area (Å²) >= 11 is 0. The Bertz CT molecular complexity index is 309. The molecule has 0 saturated carbocycles. The van der Waals surface area contributed by atoms with Crippen LogP contribution in [0.5, 0.6) is 0 Å². The minimum atomic E-state index is -4.94. The van der Waals surface area contributed by atoms with Crippen molar-refractivity contribution >= 4 is 16.1 Å². The molecule has 1 atom stereocenters. The van der Waals surface area contributed by atoms with Crippen molar-refractivity contribution in [3.05, 3.63) is 0 Å². The predicted molar refractivity (Wildman–Crippen MR) is 48.3 cm³/mol. The predicted octanol–water partition coefficient (Wildman–Crippen LogP) is 0.487. The molecule has 0 amide bonds. The van der Waals surface area contributed by atoms with E-state index in [2.05, 4.69) is 9.47 Å². The number of carbonyl (C=O) groups excluding carboxylic acids is 1. The molecule has 0 aliphatic carbocycles. The minimum Gasteiger partial charge on any atom is -0.438 e.